The molecule has 2 aliphatic rings. The summed E-state index contributed by atoms with van der Waals surface area (Å²) in [5.74, 6) is 0.0352. The van der Waals surface area contributed by atoms with Crippen molar-refractivity contribution in [1.29, 1.82) is 0 Å². The van der Waals surface area contributed by atoms with Gasteiger partial charge in [-0.05, 0) is 18.4 Å². The number of rotatable bonds is 4. The van der Waals surface area contributed by atoms with Crippen molar-refractivity contribution in [2.75, 3.05) is 13.2 Å². The van der Waals surface area contributed by atoms with Crippen LogP contribution in [0.5, 0.6) is 0 Å². The van der Waals surface area contributed by atoms with Gasteiger partial charge in [0.1, 0.15) is 0 Å². The van der Waals surface area contributed by atoms with E-state index in [1.165, 1.54) is 0 Å². The molecule has 3 heterocycles. The summed E-state index contributed by atoms with van der Waals surface area (Å²) in [4.78, 5) is 0. The zero-order valence-corrected chi connectivity index (χ0v) is 14.3. The fraction of sp³-hybridized carbons (Fsp3) is 0.471. The van der Waals surface area contributed by atoms with E-state index >= 15 is 0 Å². The highest BCUT2D eigenvalue weighted by atomic mass is 32.2. The van der Waals surface area contributed by atoms with Crippen LogP contribution in [0.2, 0.25) is 0 Å². The molecule has 1 aromatic heterocycles. The number of nitrogens with zero attached hydrogens (tertiary/aromatic N) is 2. The smallest absolute Gasteiger partial charge is 0.218 e. The Morgan fingerprint density at radius 2 is 2.12 bits per heavy atom. The summed E-state index contributed by atoms with van der Waals surface area (Å²) in [6.45, 7) is 1.77. The molecule has 0 saturated carbocycles. The zero-order chi connectivity index (χ0) is 16.6. The third-order valence-corrected chi connectivity index (χ3v) is 6.65. The minimum absolute atomic E-state index is 0.0352. The fourth-order valence-corrected chi connectivity index (χ4v) is 5.40. The van der Waals surface area contributed by atoms with Gasteiger partial charge in [-0.15, -0.1) is 0 Å². The summed E-state index contributed by atoms with van der Waals surface area (Å²) in [5.41, 5.74) is 3.80. The van der Waals surface area contributed by atoms with Crippen LogP contribution in [0.4, 0.5) is 0 Å². The van der Waals surface area contributed by atoms with E-state index in [1.807, 2.05) is 30.3 Å². The number of fused-ring (bicyclic) bond motifs is 1. The molecule has 1 aromatic carbocycles. The number of nitrogens with one attached hydrogen (secondary N) is 1. The largest absolute Gasteiger partial charge is 0.376 e. The maximum Gasteiger partial charge on any atom is 0.218 e. The van der Waals surface area contributed by atoms with Crippen LogP contribution in [-0.2, 0) is 33.5 Å². The Hall–Kier alpha value is -1.70. The molecule has 1 N–H and O–H groups in total. The van der Waals surface area contributed by atoms with Gasteiger partial charge in [0.15, 0.2) is 0 Å². The van der Waals surface area contributed by atoms with Gasteiger partial charge in [0.05, 0.1) is 30.7 Å². The maximum atomic E-state index is 12.9. The third-order valence-electron chi connectivity index (χ3n) is 4.80. The molecule has 4 rings (SSSR count). The average molecular weight is 347 g/mol. The van der Waals surface area contributed by atoms with E-state index in [-0.39, 0.29) is 11.8 Å². The fourth-order valence-electron chi connectivity index (χ4n) is 3.62. The molecule has 6 nitrogen and oxygen atoms in total. The molecule has 0 amide bonds. The number of hydrogen-bond donors (Lipinski definition) is 1. The average Bonchev–Trinajstić information content (AvgIpc) is 3.22. The molecule has 1 unspecified atom stereocenters. The van der Waals surface area contributed by atoms with Crippen LogP contribution in [0.1, 0.15) is 41.4 Å². The summed E-state index contributed by atoms with van der Waals surface area (Å²) in [7, 11) is -3.38. The summed E-state index contributed by atoms with van der Waals surface area (Å²) in [6, 6.07) is 9.16. The van der Waals surface area contributed by atoms with E-state index in [0.29, 0.717) is 19.8 Å². The lowest BCUT2D eigenvalue weighted by Gasteiger charge is -2.24. The van der Waals surface area contributed by atoms with Crippen molar-refractivity contribution in [2.24, 2.45) is 0 Å². The topological polar surface area (TPSA) is 75.3 Å². The maximum absolute atomic E-state index is 12.9. The first kappa shape index (κ1) is 15.8. The summed E-state index contributed by atoms with van der Waals surface area (Å²) < 4.78 is 33.0. The second kappa shape index (κ2) is 6.31. The van der Waals surface area contributed by atoms with Crippen LogP contribution in [0.25, 0.3) is 0 Å². The molecule has 0 spiro atoms. The number of sulfonamides is 1. The van der Waals surface area contributed by atoms with Gasteiger partial charge >= 0.3 is 0 Å². The van der Waals surface area contributed by atoms with Crippen molar-refractivity contribution < 1.29 is 13.2 Å². The van der Waals surface area contributed by atoms with Crippen molar-refractivity contribution in [3.8, 4) is 0 Å². The second-order valence-electron chi connectivity index (χ2n) is 6.38. The number of H-pyrrole nitrogens is 1. The van der Waals surface area contributed by atoms with Gasteiger partial charge in [-0.25, -0.2) is 8.42 Å². The molecule has 2 aromatic rings. The summed E-state index contributed by atoms with van der Waals surface area (Å²) in [5, 5.41) is 7.51. The standard InChI is InChI=1S/C17H21N3O3S/c21-24(22,12-13-5-2-1-3-6-13)20-9-4-7-16(20)17-14-11-23-10-8-15(14)18-19-17/h1-3,5-6,16H,4,7-12H2,(H,18,19). The summed E-state index contributed by atoms with van der Waals surface area (Å²) in [6.07, 6.45) is 2.48. The van der Waals surface area contributed by atoms with Crippen LogP contribution < -0.4 is 0 Å². The van der Waals surface area contributed by atoms with E-state index in [2.05, 4.69) is 10.2 Å². The van der Waals surface area contributed by atoms with Crippen LogP contribution in [0, 0.1) is 0 Å². The number of hydrogen-bond acceptors (Lipinski definition) is 4. The second-order valence-corrected chi connectivity index (χ2v) is 8.30. The van der Waals surface area contributed by atoms with Crippen molar-refractivity contribution in [1.82, 2.24) is 14.5 Å². The molecule has 7 heteroatoms. The normalized spacial score (nSPS) is 21.8. The predicted molar refractivity (Wildman–Crippen MR) is 89.7 cm³/mol. The Balaban J connectivity index is 1.62. The lowest BCUT2D eigenvalue weighted by Crippen LogP contribution is -2.32. The highest BCUT2D eigenvalue weighted by Gasteiger charge is 2.38. The van der Waals surface area contributed by atoms with Crippen molar-refractivity contribution in [2.45, 2.75) is 37.7 Å². The third kappa shape index (κ3) is 2.87. The van der Waals surface area contributed by atoms with E-state index in [0.717, 1.165) is 41.8 Å². The van der Waals surface area contributed by atoms with Gasteiger partial charge < -0.3 is 4.74 Å². The molecule has 1 saturated heterocycles. The van der Waals surface area contributed by atoms with Gasteiger partial charge in [-0.1, -0.05) is 30.3 Å². The van der Waals surface area contributed by atoms with Crippen molar-refractivity contribution >= 4 is 10.0 Å². The van der Waals surface area contributed by atoms with Gasteiger partial charge in [0.25, 0.3) is 0 Å². The Kier molecular flexibility index (Phi) is 4.15. The first-order valence-electron chi connectivity index (χ1n) is 8.32. The first-order valence-corrected chi connectivity index (χ1v) is 9.93. The van der Waals surface area contributed by atoms with E-state index in [9.17, 15) is 8.42 Å². The van der Waals surface area contributed by atoms with Gasteiger partial charge in [-0.2, -0.15) is 9.40 Å². The van der Waals surface area contributed by atoms with Gasteiger partial charge in [0, 0.05) is 24.2 Å². The Morgan fingerprint density at radius 3 is 2.96 bits per heavy atom. The number of aromatic amines is 1. The molecule has 0 radical (unpaired) electrons. The predicted octanol–water partition coefficient (Wildman–Crippen LogP) is 2.15. The quantitative estimate of drug-likeness (QED) is 0.919. The number of aromatic nitrogens is 2. The van der Waals surface area contributed by atoms with Crippen molar-refractivity contribution in [3.05, 3.63) is 52.8 Å². The Labute approximate surface area is 141 Å². The Bertz CT molecular complexity index is 817. The zero-order valence-electron chi connectivity index (χ0n) is 13.4. The molecule has 0 aliphatic carbocycles. The monoisotopic (exact) mass is 347 g/mol. The van der Waals surface area contributed by atoms with Crippen LogP contribution >= 0.6 is 0 Å². The molecule has 128 valence electrons. The molecule has 24 heavy (non-hydrogen) atoms. The molecular formula is C17H21N3O3S. The first-order chi connectivity index (χ1) is 11.6. The molecule has 0 bridgehead atoms. The summed E-state index contributed by atoms with van der Waals surface area (Å²) >= 11 is 0. The minimum Gasteiger partial charge on any atom is -0.376 e. The van der Waals surface area contributed by atoms with Gasteiger partial charge in [0.2, 0.25) is 10.0 Å². The van der Waals surface area contributed by atoms with Crippen LogP contribution in [-0.4, -0.2) is 36.1 Å². The van der Waals surface area contributed by atoms with E-state index in [1.54, 1.807) is 4.31 Å². The molecule has 1 atom stereocenters. The lowest BCUT2D eigenvalue weighted by atomic mass is 10.0. The minimum atomic E-state index is -3.38. The van der Waals surface area contributed by atoms with E-state index < -0.39 is 10.0 Å². The van der Waals surface area contributed by atoms with E-state index in [4.69, 9.17) is 4.74 Å². The van der Waals surface area contributed by atoms with Crippen LogP contribution in [0.15, 0.2) is 30.3 Å². The highest BCUT2D eigenvalue weighted by Crippen LogP contribution is 2.37. The van der Waals surface area contributed by atoms with Gasteiger partial charge in [-0.3, -0.25) is 5.10 Å². The lowest BCUT2D eigenvalue weighted by molar-refractivity contribution is 0.109. The van der Waals surface area contributed by atoms with Crippen molar-refractivity contribution in [3.63, 3.8) is 0 Å². The highest BCUT2D eigenvalue weighted by molar-refractivity contribution is 7.88. The molecule has 2 aliphatic heterocycles. The number of benzene rings is 1. The molecule has 1 fully saturated rings. The van der Waals surface area contributed by atoms with Crippen LogP contribution in [0.3, 0.4) is 0 Å². The SMILES string of the molecule is O=S(=O)(Cc1ccccc1)N1CCCC1c1n[nH]c2c1COCC2. The molecular weight excluding hydrogens is 326 g/mol. The number of ether oxygens (including phenoxy) is 1. The Morgan fingerprint density at radius 1 is 1.29 bits per heavy atom.